The number of ether oxygens (including phenoxy) is 2. The van der Waals surface area contributed by atoms with E-state index in [0.717, 1.165) is 124 Å². The van der Waals surface area contributed by atoms with Gasteiger partial charge in [-0.05, 0) is 118 Å². The van der Waals surface area contributed by atoms with Crippen molar-refractivity contribution in [3.05, 3.63) is 106 Å². The number of rotatable bonds is 13. The van der Waals surface area contributed by atoms with Gasteiger partial charge in [-0.25, -0.2) is 4.98 Å². The van der Waals surface area contributed by atoms with Crippen LogP contribution in [-0.4, -0.2) is 132 Å². The molecule has 9 heterocycles. The number of benzene rings is 3. The number of thiazole rings is 1. The van der Waals surface area contributed by atoms with E-state index in [1.54, 1.807) is 17.4 Å². The molecular weight excluding hydrogens is 993 g/mol. The van der Waals surface area contributed by atoms with E-state index in [4.69, 9.17) is 28.9 Å². The number of likely N-dealkylation sites (tertiary alicyclic amines) is 1. The second-order valence-corrected chi connectivity index (χ2v) is 23.4. The number of aromatic nitrogens is 5. The molecule has 398 valence electrons. The Balaban J connectivity index is 0.699. The van der Waals surface area contributed by atoms with Gasteiger partial charge in [0.1, 0.15) is 30.8 Å². The smallest absolute Gasteiger partial charge is 0.319 e. The molecule has 7 aromatic rings. The van der Waals surface area contributed by atoms with Crippen molar-refractivity contribution < 1.29 is 33.8 Å². The molecule has 6 aliphatic rings. The number of hydrogen-bond donors (Lipinski definition) is 4. The Bertz CT molecular complexity index is 3490. The number of aliphatic hydroxyl groups is 1. The van der Waals surface area contributed by atoms with Gasteiger partial charge < -0.3 is 44.6 Å². The molecule has 4 N–H and O–H groups in total. The third-order valence-corrected chi connectivity index (χ3v) is 18.4. The van der Waals surface area contributed by atoms with Gasteiger partial charge in [0.05, 0.1) is 55.9 Å². The third kappa shape index (κ3) is 8.77. The molecular formula is C59H64N10O7S. The number of carbonyl (C=O) groups is 2. The summed E-state index contributed by atoms with van der Waals surface area (Å²) < 4.78 is 19.1. The van der Waals surface area contributed by atoms with Crippen LogP contribution in [0.3, 0.4) is 0 Å². The van der Waals surface area contributed by atoms with Crippen LogP contribution in [0.25, 0.3) is 48.9 Å². The number of allylic oxidation sites excluding steroid dienone is 1. The van der Waals surface area contributed by atoms with Gasteiger partial charge in [0, 0.05) is 73.5 Å². The van der Waals surface area contributed by atoms with Crippen LogP contribution < -0.4 is 25.0 Å². The van der Waals surface area contributed by atoms with Gasteiger partial charge in [-0.15, -0.1) is 11.3 Å². The third-order valence-electron chi connectivity index (χ3n) is 17.4. The van der Waals surface area contributed by atoms with Crippen LogP contribution >= 0.6 is 11.3 Å². The number of phenolic OH excluding ortho intramolecular Hbond substituents is 1. The maximum absolute atomic E-state index is 14.4. The van der Waals surface area contributed by atoms with Crippen molar-refractivity contribution in [3.8, 4) is 39.3 Å². The summed E-state index contributed by atoms with van der Waals surface area (Å²) in [5.74, 6) is 0.782. The van der Waals surface area contributed by atoms with Gasteiger partial charge >= 0.3 is 6.01 Å². The first-order chi connectivity index (χ1) is 37.3. The van der Waals surface area contributed by atoms with E-state index in [2.05, 4.69) is 49.6 Å². The summed E-state index contributed by atoms with van der Waals surface area (Å²) in [5, 5.41) is 35.9. The van der Waals surface area contributed by atoms with Crippen LogP contribution in [0, 0.1) is 6.92 Å². The van der Waals surface area contributed by atoms with Gasteiger partial charge in [-0.2, -0.15) is 9.97 Å². The molecule has 77 heavy (non-hydrogen) atoms. The minimum Gasteiger partial charge on any atom is -0.508 e. The van der Waals surface area contributed by atoms with Crippen molar-refractivity contribution in [2.45, 2.75) is 127 Å². The number of aryl methyl sites for hydroxylation is 1. The number of anilines is 1. The molecule has 1 aliphatic carbocycles. The Morgan fingerprint density at radius 1 is 1.00 bits per heavy atom. The average molecular weight is 1060 g/mol. The zero-order chi connectivity index (χ0) is 52.9. The summed E-state index contributed by atoms with van der Waals surface area (Å²) in [7, 11) is 0. The minimum atomic E-state index is -0.882. The number of carbonyl (C=O) groups excluding carboxylic acids is 2. The van der Waals surface area contributed by atoms with Gasteiger partial charge in [0.25, 0.3) is 11.8 Å². The summed E-state index contributed by atoms with van der Waals surface area (Å²) >= 11 is 1.59. The van der Waals surface area contributed by atoms with Gasteiger partial charge in [-0.1, -0.05) is 55.0 Å². The highest BCUT2D eigenvalue weighted by Crippen LogP contribution is 2.49. The second kappa shape index (κ2) is 19.5. The number of β-amino-alcohol motifs (C(OH)–C–C–N with tert-alkyl or cyclic N) is 1. The molecule has 17 nitrogen and oxygen atoms in total. The van der Waals surface area contributed by atoms with Crippen molar-refractivity contribution >= 4 is 56.2 Å². The summed E-state index contributed by atoms with van der Waals surface area (Å²) in [6.45, 7) is 13.1. The van der Waals surface area contributed by atoms with Crippen molar-refractivity contribution in [2.75, 3.05) is 44.3 Å². The van der Waals surface area contributed by atoms with E-state index in [-0.39, 0.29) is 65.4 Å². The Morgan fingerprint density at radius 2 is 1.82 bits per heavy atom. The van der Waals surface area contributed by atoms with Gasteiger partial charge in [0.2, 0.25) is 5.91 Å². The van der Waals surface area contributed by atoms with Gasteiger partial charge in [0.15, 0.2) is 5.76 Å². The molecule has 18 heteroatoms. The summed E-state index contributed by atoms with van der Waals surface area (Å²) in [6, 6.07) is 19.6. The van der Waals surface area contributed by atoms with E-state index in [9.17, 15) is 19.8 Å². The lowest BCUT2D eigenvalue weighted by molar-refractivity contribution is -0.135. The lowest BCUT2D eigenvalue weighted by Gasteiger charge is -2.36. The predicted molar refractivity (Wildman–Crippen MR) is 294 cm³/mol. The monoisotopic (exact) mass is 1060 g/mol. The van der Waals surface area contributed by atoms with Crippen LogP contribution in [0.2, 0.25) is 0 Å². The molecule has 3 unspecified atom stereocenters. The highest BCUT2D eigenvalue weighted by molar-refractivity contribution is 7.13. The molecule has 8 atom stereocenters. The number of nitrogens with one attached hydrogen (secondary N) is 2. The van der Waals surface area contributed by atoms with Crippen molar-refractivity contribution in [2.24, 2.45) is 0 Å². The number of phenols is 1. The number of hydrogen-bond acceptors (Lipinski definition) is 16. The van der Waals surface area contributed by atoms with Gasteiger partial charge in [-0.3, -0.25) is 19.5 Å². The number of pyridine rings is 1. The minimum absolute atomic E-state index is 0.00747. The fourth-order valence-corrected chi connectivity index (χ4v) is 14.4. The number of fused-ring (bicyclic) bond motifs is 7. The second-order valence-electron chi connectivity index (χ2n) is 22.5. The van der Waals surface area contributed by atoms with Crippen LogP contribution in [0.15, 0.2) is 82.5 Å². The van der Waals surface area contributed by atoms with Crippen LogP contribution in [-0.2, 0) is 9.59 Å². The highest BCUT2D eigenvalue weighted by atomic mass is 32.1. The Labute approximate surface area is 450 Å². The topological polar surface area (TPSA) is 204 Å². The number of aromatic hydroxyl groups is 1. The molecule has 0 spiro atoms. The van der Waals surface area contributed by atoms with Crippen LogP contribution in [0.4, 0.5) is 5.82 Å². The number of aliphatic hydroxyl groups excluding tert-OH is 1. The summed E-state index contributed by atoms with van der Waals surface area (Å²) in [4.78, 5) is 55.8. The maximum atomic E-state index is 14.4. The Hall–Kier alpha value is -6.99. The largest absolute Gasteiger partial charge is 0.508 e. The normalized spacial score (nSPS) is 24.8. The lowest BCUT2D eigenvalue weighted by Crippen LogP contribution is -2.51. The molecule has 5 saturated heterocycles. The molecule has 4 aromatic heterocycles. The zero-order valence-corrected chi connectivity index (χ0v) is 44.9. The molecule has 3 aromatic carbocycles. The number of nitrogens with zero attached hydrogens (tertiary/aromatic N) is 8. The fraction of sp³-hybridized carbons (Fsp3) is 0.441. The zero-order valence-electron chi connectivity index (χ0n) is 44.1. The molecule has 0 radical (unpaired) electrons. The standard InChI is InChI=1S/C59H64N10O7S/c1-31(2)49(57(73)68-27-42(71)22-46(68)56(72)62-33(4)35-10-12-36(13-11-35)54-34(5)61-30-77-54)47-23-48(66-76-47)74-28-40-16-18-59(17-7-19-69(40)59)29-75-58-64-53-45(55(65-58)67-25-38-14-15-39(26-67)63-38)24-60-52-44-21-41(70)20-37-8-6-9-43(51(37)44)32(3)50(52)53/h6,8-13,20-21,23-24,30,32-33,38-40,42,46,63,70-71H,7,14-19,22,25-29H2,1-5H3,(H,62,72)/t32?,33-,38?,39?,40-,42+,46-,59+/m0/s1. The first kappa shape index (κ1) is 49.6. The Kier molecular flexibility index (Phi) is 12.5. The first-order valence-corrected chi connectivity index (χ1v) is 28.1. The lowest BCUT2D eigenvalue weighted by atomic mass is 9.79. The SMILES string of the molecule is CC(C)=C(C(=O)N1C[C@H](O)C[C@H]1C(=O)N[C@@H](C)c1ccc(-c2scnc2C)cc1)c1cc(OC[C@@H]2CC[C@@]3(COc4nc(N5CC6CCC(C5)N6)c5cnc6c(c5n4)C(C)c4cccc5cc(O)cc-6c45)CCCN23)no1. The van der Waals surface area contributed by atoms with E-state index in [0.29, 0.717) is 36.9 Å². The summed E-state index contributed by atoms with van der Waals surface area (Å²) in [6.07, 6.45) is 7.25. The summed E-state index contributed by atoms with van der Waals surface area (Å²) in [5.41, 5.74) is 10.3. The Morgan fingerprint density at radius 3 is 2.60 bits per heavy atom. The molecule has 2 amide bonds. The van der Waals surface area contributed by atoms with Crippen molar-refractivity contribution in [1.82, 2.24) is 45.5 Å². The van der Waals surface area contributed by atoms with E-state index in [1.165, 1.54) is 10.5 Å². The van der Waals surface area contributed by atoms with E-state index in [1.807, 2.05) is 81.9 Å². The molecule has 5 aliphatic heterocycles. The first-order valence-electron chi connectivity index (χ1n) is 27.2. The van der Waals surface area contributed by atoms with Crippen LogP contribution in [0.1, 0.15) is 113 Å². The molecule has 2 bridgehead atoms. The van der Waals surface area contributed by atoms with E-state index >= 15 is 0 Å². The van der Waals surface area contributed by atoms with E-state index < -0.39 is 18.1 Å². The molecule has 0 saturated carbocycles. The maximum Gasteiger partial charge on any atom is 0.319 e. The van der Waals surface area contributed by atoms with Crippen LogP contribution in [0.5, 0.6) is 17.6 Å². The molecule has 13 rings (SSSR count). The number of piperazine rings is 1. The molecule has 5 fully saturated rings. The predicted octanol–water partition coefficient (Wildman–Crippen LogP) is 8.46. The number of amides is 2. The van der Waals surface area contributed by atoms with Crippen molar-refractivity contribution in [3.63, 3.8) is 0 Å². The highest BCUT2D eigenvalue weighted by Gasteiger charge is 2.50. The fourth-order valence-electron chi connectivity index (χ4n) is 13.6. The quantitative estimate of drug-likeness (QED) is 0.0800. The van der Waals surface area contributed by atoms with Crippen molar-refractivity contribution in [1.29, 1.82) is 0 Å². The average Bonchev–Trinajstić information content (AvgIpc) is 4.41.